The Morgan fingerprint density at radius 3 is 2.45 bits per heavy atom. The van der Waals surface area contributed by atoms with Gasteiger partial charge in [0.2, 0.25) is 0 Å². The summed E-state index contributed by atoms with van der Waals surface area (Å²) < 4.78 is 0. The first-order chi connectivity index (χ1) is 9.78. The molecular weight excluding hydrogens is 268 g/mol. The molecule has 1 heterocycles. The van der Waals surface area contributed by atoms with E-state index >= 15 is 0 Å². The molecule has 0 saturated heterocycles. The van der Waals surface area contributed by atoms with E-state index in [2.05, 4.69) is 21.7 Å². The summed E-state index contributed by atoms with van der Waals surface area (Å²) in [6.07, 6.45) is 3.92. The number of anilines is 1. The zero-order valence-corrected chi connectivity index (χ0v) is 11.7. The highest BCUT2D eigenvalue weighted by Gasteiger charge is 1.98. The van der Waals surface area contributed by atoms with Crippen LogP contribution in [0.25, 0.3) is 0 Å². The molecule has 0 unspecified atom stereocenters. The van der Waals surface area contributed by atoms with E-state index in [9.17, 15) is 0 Å². The number of nitrogens with zero attached hydrogens (tertiary/aromatic N) is 2. The van der Waals surface area contributed by atoms with Gasteiger partial charge in [-0.3, -0.25) is 4.98 Å². The summed E-state index contributed by atoms with van der Waals surface area (Å²) in [6.45, 7) is 0.654. The fourth-order valence-corrected chi connectivity index (χ4v) is 1.85. The predicted octanol–water partition coefficient (Wildman–Crippen LogP) is 2.63. The van der Waals surface area contributed by atoms with E-state index in [-0.39, 0.29) is 0 Å². The molecule has 0 radical (unpaired) electrons. The fourth-order valence-electron chi connectivity index (χ4n) is 1.66. The lowest BCUT2D eigenvalue weighted by Gasteiger charge is -2.10. The lowest BCUT2D eigenvalue weighted by atomic mass is 10.1. The van der Waals surface area contributed by atoms with Gasteiger partial charge < -0.3 is 10.6 Å². The van der Waals surface area contributed by atoms with Crippen LogP contribution < -0.4 is 10.6 Å². The largest absolute Gasteiger partial charge is 0.358 e. The van der Waals surface area contributed by atoms with Crippen molar-refractivity contribution < 1.29 is 0 Å². The van der Waals surface area contributed by atoms with Crippen molar-refractivity contribution in [3.8, 4) is 6.07 Å². The molecule has 20 heavy (non-hydrogen) atoms. The predicted molar refractivity (Wildman–Crippen MR) is 83.1 cm³/mol. The highest BCUT2D eigenvalue weighted by atomic mass is 32.1. The van der Waals surface area contributed by atoms with E-state index in [4.69, 9.17) is 17.5 Å². The molecule has 2 aromatic rings. The van der Waals surface area contributed by atoms with Gasteiger partial charge in [0.1, 0.15) is 0 Å². The number of rotatable bonds is 4. The van der Waals surface area contributed by atoms with Crippen LogP contribution in [0.3, 0.4) is 0 Å². The van der Waals surface area contributed by atoms with Crippen LogP contribution in [-0.4, -0.2) is 10.1 Å². The molecule has 100 valence electrons. The highest BCUT2D eigenvalue weighted by molar-refractivity contribution is 7.80. The van der Waals surface area contributed by atoms with Crippen LogP contribution in [0, 0.1) is 11.3 Å². The van der Waals surface area contributed by atoms with Gasteiger partial charge in [0, 0.05) is 24.6 Å². The molecule has 0 aliphatic rings. The van der Waals surface area contributed by atoms with Crippen LogP contribution in [0.15, 0.2) is 48.8 Å². The Bertz CT molecular complexity index is 602. The van der Waals surface area contributed by atoms with E-state index < -0.39 is 0 Å². The molecule has 0 spiro atoms. The Hall–Kier alpha value is -2.45. The van der Waals surface area contributed by atoms with Crippen LogP contribution in [0.4, 0.5) is 5.69 Å². The zero-order chi connectivity index (χ0) is 14.2. The molecule has 2 rings (SSSR count). The topological polar surface area (TPSA) is 60.7 Å². The van der Waals surface area contributed by atoms with Crippen LogP contribution >= 0.6 is 12.2 Å². The quantitative estimate of drug-likeness (QED) is 0.844. The number of benzene rings is 1. The van der Waals surface area contributed by atoms with E-state index in [1.807, 2.05) is 36.4 Å². The molecule has 4 nitrogen and oxygen atoms in total. The molecule has 0 bridgehead atoms. The number of aromatic nitrogens is 1. The van der Waals surface area contributed by atoms with Crippen LogP contribution in [-0.2, 0) is 13.0 Å². The maximum atomic E-state index is 8.61. The minimum Gasteiger partial charge on any atom is -0.358 e. The molecule has 0 atom stereocenters. The molecule has 0 fully saturated rings. The molecule has 2 N–H and O–H groups in total. The minimum absolute atomic E-state index is 0.422. The lowest BCUT2D eigenvalue weighted by Crippen LogP contribution is -2.27. The minimum atomic E-state index is 0.422. The summed E-state index contributed by atoms with van der Waals surface area (Å²) in [4.78, 5) is 3.96. The van der Waals surface area contributed by atoms with Gasteiger partial charge in [-0.1, -0.05) is 12.1 Å². The Kier molecular flexibility index (Phi) is 5.04. The Labute approximate surface area is 123 Å². The van der Waals surface area contributed by atoms with Gasteiger partial charge in [0.15, 0.2) is 5.11 Å². The number of pyridine rings is 1. The van der Waals surface area contributed by atoms with Crippen molar-refractivity contribution >= 4 is 23.0 Å². The first kappa shape index (κ1) is 14.0. The monoisotopic (exact) mass is 282 g/mol. The van der Waals surface area contributed by atoms with Gasteiger partial charge in [0.25, 0.3) is 0 Å². The summed E-state index contributed by atoms with van der Waals surface area (Å²) in [5, 5.41) is 15.4. The first-order valence-electron chi connectivity index (χ1n) is 6.17. The van der Waals surface area contributed by atoms with E-state index in [1.54, 1.807) is 12.4 Å². The second-order valence-electron chi connectivity index (χ2n) is 4.19. The lowest BCUT2D eigenvalue weighted by molar-refractivity contribution is 0.921. The van der Waals surface area contributed by atoms with Crippen molar-refractivity contribution in [1.29, 1.82) is 5.26 Å². The van der Waals surface area contributed by atoms with Crippen molar-refractivity contribution in [2.24, 2.45) is 0 Å². The molecule has 0 aliphatic carbocycles. The van der Waals surface area contributed by atoms with Crippen molar-refractivity contribution in [2.75, 3.05) is 5.32 Å². The third-order valence-corrected chi connectivity index (χ3v) is 2.94. The maximum Gasteiger partial charge on any atom is 0.171 e. The van der Waals surface area contributed by atoms with Crippen molar-refractivity contribution in [1.82, 2.24) is 10.3 Å². The fraction of sp³-hybridized carbons (Fsp3) is 0.133. The van der Waals surface area contributed by atoms with Gasteiger partial charge in [-0.15, -0.1) is 0 Å². The van der Waals surface area contributed by atoms with Gasteiger partial charge in [-0.05, 0) is 47.6 Å². The zero-order valence-electron chi connectivity index (χ0n) is 10.8. The third kappa shape index (κ3) is 4.34. The molecule has 0 aliphatic heterocycles. The summed E-state index contributed by atoms with van der Waals surface area (Å²) in [5.74, 6) is 0. The summed E-state index contributed by atoms with van der Waals surface area (Å²) in [6, 6.07) is 13.6. The van der Waals surface area contributed by atoms with Crippen LogP contribution in [0.5, 0.6) is 0 Å². The van der Waals surface area contributed by atoms with Gasteiger partial charge in [0.05, 0.1) is 12.5 Å². The molecule has 0 saturated carbocycles. The number of hydrogen-bond donors (Lipinski definition) is 2. The second kappa shape index (κ2) is 7.22. The normalized spacial score (nSPS) is 9.55. The van der Waals surface area contributed by atoms with E-state index in [0.29, 0.717) is 18.1 Å². The Morgan fingerprint density at radius 1 is 1.10 bits per heavy atom. The molecule has 1 aromatic carbocycles. The SMILES string of the molecule is N#CCc1ccc(NC(=S)NCc2ccncc2)cc1. The van der Waals surface area contributed by atoms with Crippen molar-refractivity contribution in [3.05, 3.63) is 59.9 Å². The average Bonchev–Trinajstić information content (AvgIpc) is 2.49. The molecule has 1 aromatic heterocycles. The molecule has 0 amide bonds. The van der Waals surface area contributed by atoms with E-state index in [1.165, 1.54) is 0 Å². The van der Waals surface area contributed by atoms with Crippen LogP contribution in [0.1, 0.15) is 11.1 Å². The maximum absolute atomic E-state index is 8.61. The average molecular weight is 282 g/mol. The number of nitrogens with one attached hydrogen (secondary N) is 2. The van der Waals surface area contributed by atoms with Gasteiger partial charge in [-0.25, -0.2) is 0 Å². The highest BCUT2D eigenvalue weighted by Crippen LogP contribution is 2.09. The summed E-state index contributed by atoms with van der Waals surface area (Å²) in [5.41, 5.74) is 3.01. The summed E-state index contributed by atoms with van der Waals surface area (Å²) in [7, 11) is 0. The Morgan fingerprint density at radius 2 is 1.80 bits per heavy atom. The smallest absolute Gasteiger partial charge is 0.171 e. The van der Waals surface area contributed by atoms with Crippen molar-refractivity contribution in [2.45, 2.75) is 13.0 Å². The third-order valence-electron chi connectivity index (χ3n) is 2.70. The number of nitriles is 1. The first-order valence-corrected chi connectivity index (χ1v) is 6.58. The van der Waals surface area contributed by atoms with Gasteiger partial charge >= 0.3 is 0 Å². The number of thiocarbonyl (C=S) groups is 1. The van der Waals surface area contributed by atoms with Crippen molar-refractivity contribution in [3.63, 3.8) is 0 Å². The molecular formula is C15H14N4S. The number of hydrogen-bond acceptors (Lipinski definition) is 3. The standard InChI is InChI=1S/C15H14N4S/c16-8-5-12-1-3-14(4-2-12)19-15(20)18-11-13-6-9-17-10-7-13/h1-4,6-7,9-10H,5,11H2,(H2,18,19,20). The van der Waals surface area contributed by atoms with Crippen LogP contribution in [0.2, 0.25) is 0 Å². The Balaban J connectivity index is 1.84. The van der Waals surface area contributed by atoms with Gasteiger partial charge in [-0.2, -0.15) is 5.26 Å². The van der Waals surface area contributed by atoms with E-state index in [0.717, 1.165) is 16.8 Å². The second-order valence-corrected chi connectivity index (χ2v) is 4.60. The summed E-state index contributed by atoms with van der Waals surface area (Å²) >= 11 is 5.23. The molecule has 5 heteroatoms.